The van der Waals surface area contributed by atoms with E-state index < -0.39 is 0 Å². The predicted octanol–water partition coefficient (Wildman–Crippen LogP) is 3.82. The van der Waals surface area contributed by atoms with Crippen LogP contribution >= 0.6 is 0 Å². The van der Waals surface area contributed by atoms with Crippen LogP contribution in [0.25, 0.3) is 0 Å². The van der Waals surface area contributed by atoms with E-state index in [1.165, 1.54) is 5.56 Å². The number of rotatable bonds is 4. The molecule has 1 aromatic rings. The van der Waals surface area contributed by atoms with Crippen molar-refractivity contribution in [3.63, 3.8) is 0 Å². The summed E-state index contributed by atoms with van der Waals surface area (Å²) in [5.41, 5.74) is 1.74. The van der Waals surface area contributed by atoms with Crippen LogP contribution in [-0.4, -0.2) is 19.7 Å². The first-order valence-corrected chi connectivity index (χ1v) is 7.41. The van der Waals surface area contributed by atoms with Gasteiger partial charge in [0, 0.05) is 12.5 Å². The van der Waals surface area contributed by atoms with E-state index in [1.54, 1.807) is 0 Å². The molecule has 0 saturated carbocycles. The van der Waals surface area contributed by atoms with E-state index >= 15 is 0 Å². The Morgan fingerprint density at radius 2 is 2.05 bits per heavy atom. The predicted molar refractivity (Wildman–Crippen MR) is 80.8 cm³/mol. The van der Waals surface area contributed by atoms with Gasteiger partial charge in [-0.3, -0.25) is 0 Å². The van der Waals surface area contributed by atoms with E-state index in [2.05, 4.69) is 57.3 Å². The average molecular weight is 261 g/mol. The molecule has 2 atom stereocenters. The standard InChI is InChI=1S/C17H27NO/c1-13(17(2,3)4)11-18-12-14-9-10-19-16-8-6-5-7-15(14)16/h5-8,13-14,18H,9-12H2,1-4H3. The molecule has 1 aromatic carbocycles. The summed E-state index contributed by atoms with van der Waals surface area (Å²) in [6, 6.07) is 8.45. The van der Waals surface area contributed by atoms with Crippen LogP contribution in [0.1, 0.15) is 45.6 Å². The van der Waals surface area contributed by atoms with Crippen LogP contribution in [-0.2, 0) is 0 Å². The second kappa shape index (κ2) is 5.96. The first kappa shape index (κ1) is 14.4. The highest BCUT2D eigenvalue weighted by Gasteiger charge is 2.22. The molecule has 19 heavy (non-hydrogen) atoms. The lowest BCUT2D eigenvalue weighted by atomic mass is 9.82. The van der Waals surface area contributed by atoms with Gasteiger partial charge in [-0.15, -0.1) is 0 Å². The highest BCUT2D eigenvalue weighted by Crippen LogP contribution is 2.33. The van der Waals surface area contributed by atoms with Crippen molar-refractivity contribution >= 4 is 0 Å². The summed E-state index contributed by atoms with van der Waals surface area (Å²) < 4.78 is 5.71. The van der Waals surface area contributed by atoms with Crippen molar-refractivity contribution in [1.82, 2.24) is 5.32 Å². The molecule has 1 N–H and O–H groups in total. The van der Waals surface area contributed by atoms with E-state index in [0.717, 1.165) is 31.9 Å². The maximum atomic E-state index is 5.71. The Labute approximate surface area is 117 Å². The number of hydrogen-bond donors (Lipinski definition) is 1. The number of para-hydroxylation sites is 1. The molecule has 0 radical (unpaired) electrons. The summed E-state index contributed by atoms with van der Waals surface area (Å²) in [6.07, 6.45) is 1.12. The van der Waals surface area contributed by atoms with E-state index in [1.807, 2.05) is 0 Å². The van der Waals surface area contributed by atoms with Crippen LogP contribution in [0.2, 0.25) is 0 Å². The number of fused-ring (bicyclic) bond motifs is 1. The third-order valence-electron chi connectivity index (χ3n) is 4.40. The summed E-state index contributed by atoms with van der Waals surface area (Å²) in [5.74, 6) is 2.35. The molecule has 0 amide bonds. The van der Waals surface area contributed by atoms with Crippen LogP contribution in [0.5, 0.6) is 5.75 Å². The minimum absolute atomic E-state index is 0.376. The number of nitrogens with one attached hydrogen (secondary N) is 1. The molecule has 106 valence electrons. The smallest absolute Gasteiger partial charge is 0.122 e. The topological polar surface area (TPSA) is 21.3 Å². The van der Waals surface area contributed by atoms with Crippen molar-refractivity contribution in [2.45, 2.75) is 40.0 Å². The van der Waals surface area contributed by atoms with Gasteiger partial charge in [0.15, 0.2) is 0 Å². The Kier molecular flexibility index (Phi) is 4.51. The number of hydrogen-bond acceptors (Lipinski definition) is 2. The second-order valence-corrected chi connectivity index (χ2v) is 6.80. The Morgan fingerprint density at radius 1 is 1.32 bits per heavy atom. The molecule has 2 rings (SSSR count). The zero-order valence-corrected chi connectivity index (χ0v) is 12.7. The molecule has 0 fully saturated rings. The maximum Gasteiger partial charge on any atom is 0.122 e. The third-order valence-corrected chi connectivity index (χ3v) is 4.40. The SMILES string of the molecule is CC(CNCC1CCOc2ccccc21)C(C)(C)C. The second-order valence-electron chi connectivity index (χ2n) is 6.80. The Balaban J connectivity index is 1.88. The summed E-state index contributed by atoms with van der Waals surface area (Å²) in [7, 11) is 0. The van der Waals surface area contributed by atoms with Gasteiger partial charge < -0.3 is 10.1 Å². The van der Waals surface area contributed by atoms with E-state index in [4.69, 9.17) is 4.74 Å². The van der Waals surface area contributed by atoms with Gasteiger partial charge >= 0.3 is 0 Å². The van der Waals surface area contributed by atoms with Crippen LogP contribution < -0.4 is 10.1 Å². The highest BCUT2D eigenvalue weighted by molar-refractivity contribution is 5.37. The first-order chi connectivity index (χ1) is 8.98. The lowest BCUT2D eigenvalue weighted by Gasteiger charge is -2.30. The van der Waals surface area contributed by atoms with E-state index in [9.17, 15) is 0 Å². The molecule has 1 aliphatic heterocycles. The number of ether oxygens (including phenoxy) is 1. The van der Waals surface area contributed by atoms with E-state index in [-0.39, 0.29) is 0 Å². The van der Waals surface area contributed by atoms with Crippen molar-refractivity contribution in [3.8, 4) is 5.75 Å². The molecule has 0 spiro atoms. The quantitative estimate of drug-likeness (QED) is 0.889. The highest BCUT2D eigenvalue weighted by atomic mass is 16.5. The molecule has 1 heterocycles. The Hall–Kier alpha value is -1.02. The van der Waals surface area contributed by atoms with Gasteiger partial charge in [0.1, 0.15) is 5.75 Å². The monoisotopic (exact) mass is 261 g/mol. The van der Waals surface area contributed by atoms with Crippen molar-refractivity contribution in [1.29, 1.82) is 0 Å². The summed E-state index contributed by atoms with van der Waals surface area (Å²) in [6.45, 7) is 12.2. The van der Waals surface area contributed by atoms with Crippen LogP contribution in [0.4, 0.5) is 0 Å². The third kappa shape index (κ3) is 3.73. The molecule has 0 saturated heterocycles. The molecule has 2 unspecified atom stereocenters. The fourth-order valence-corrected chi connectivity index (χ4v) is 2.41. The van der Waals surface area contributed by atoms with Gasteiger partial charge in [-0.05, 0) is 35.9 Å². The fourth-order valence-electron chi connectivity index (χ4n) is 2.41. The zero-order chi connectivity index (χ0) is 13.9. The van der Waals surface area contributed by atoms with Crippen LogP contribution in [0.15, 0.2) is 24.3 Å². The van der Waals surface area contributed by atoms with Gasteiger partial charge in [-0.25, -0.2) is 0 Å². The minimum Gasteiger partial charge on any atom is -0.493 e. The average Bonchev–Trinajstić information content (AvgIpc) is 2.38. The summed E-state index contributed by atoms with van der Waals surface area (Å²) in [4.78, 5) is 0. The van der Waals surface area contributed by atoms with Crippen molar-refractivity contribution in [2.24, 2.45) is 11.3 Å². The minimum atomic E-state index is 0.376. The van der Waals surface area contributed by atoms with Crippen molar-refractivity contribution < 1.29 is 4.74 Å². The Bertz CT molecular complexity index is 408. The molecule has 1 aliphatic rings. The van der Waals surface area contributed by atoms with Crippen LogP contribution in [0, 0.1) is 11.3 Å². The lowest BCUT2D eigenvalue weighted by molar-refractivity contribution is 0.240. The largest absolute Gasteiger partial charge is 0.493 e. The normalized spacial score (nSPS) is 20.5. The lowest BCUT2D eigenvalue weighted by Crippen LogP contribution is -2.33. The van der Waals surface area contributed by atoms with Gasteiger partial charge in [0.2, 0.25) is 0 Å². The summed E-state index contributed by atoms with van der Waals surface area (Å²) in [5, 5.41) is 3.65. The molecule has 0 aliphatic carbocycles. The molecule has 0 aromatic heterocycles. The van der Waals surface area contributed by atoms with Crippen molar-refractivity contribution in [2.75, 3.05) is 19.7 Å². The molecular weight excluding hydrogens is 234 g/mol. The maximum absolute atomic E-state index is 5.71. The zero-order valence-electron chi connectivity index (χ0n) is 12.7. The molecule has 0 bridgehead atoms. The fraction of sp³-hybridized carbons (Fsp3) is 0.647. The Morgan fingerprint density at radius 3 is 2.79 bits per heavy atom. The van der Waals surface area contributed by atoms with Gasteiger partial charge in [-0.2, -0.15) is 0 Å². The molecular formula is C17H27NO. The van der Waals surface area contributed by atoms with E-state index in [0.29, 0.717) is 17.3 Å². The van der Waals surface area contributed by atoms with Gasteiger partial charge in [0.25, 0.3) is 0 Å². The summed E-state index contributed by atoms with van der Waals surface area (Å²) >= 11 is 0. The first-order valence-electron chi connectivity index (χ1n) is 7.41. The molecule has 2 heteroatoms. The van der Waals surface area contributed by atoms with Crippen molar-refractivity contribution in [3.05, 3.63) is 29.8 Å². The van der Waals surface area contributed by atoms with Gasteiger partial charge in [0.05, 0.1) is 6.61 Å². The van der Waals surface area contributed by atoms with Crippen LogP contribution in [0.3, 0.4) is 0 Å². The van der Waals surface area contributed by atoms with Gasteiger partial charge in [-0.1, -0.05) is 45.9 Å². The molecule has 2 nitrogen and oxygen atoms in total. The number of benzene rings is 1.